The van der Waals surface area contributed by atoms with Crippen LogP contribution in [0.25, 0.3) is 0 Å². The van der Waals surface area contributed by atoms with Gasteiger partial charge in [0.25, 0.3) is 0 Å². The van der Waals surface area contributed by atoms with Crippen LogP contribution in [0.5, 0.6) is 0 Å². The normalized spacial score (nSPS) is 19.2. The number of esters is 3. The van der Waals surface area contributed by atoms with E-state index in [0.717, 1.165) is 109 Å². The van der Waals surface area contributed by atoms with Crippen molar-refractivity contribution in [3.8, 4) is 0 Å². The quantitative estimate of drug-likeness (QED) is 0.0228. The van der Waals surface area contributed by atoms with Crippen molar-refractivity contribution in [1.82, 2.24) is 0 Å². The van der Waals surface area contributed by atoms with Crippen LogP contribution in [-0.2, 0) is 42.9 Å². The number of rotatable bonds is 45. The lowest BCUT2D eigenvalue weighted by atomic mass is 9.98. The maximum absolute atomic E-state index is 13.0. The molecule has 73 heavy (non-hydrogen) atoms. The standard InChI is InChI=1S/C61H96O12/c1-4-7-10-13-16-19-21-23-25-26-27-28-30-32-34-37-40-43-46-49-55(64)72-59-57(66)56(65)58(60(67)68)73-61(59)70-51-52(71-54(63)48-45-42-39-35-18-15-12-9-6-3)50-69-53(62)47-44-41-38-36-33-31-29-24-22-20-17-14-11-8-5-2/h7-8,10-11,16-17,19-20,23-25,27-29,32-34,36,52,56-59,61,65-66H,4-6,9,12-15,18,21-22,26,30-31,35,37-51H2,1-3H3,(H,67,68)/b10-7-,11-8-,19-16-,20-17-,25-23-,28-27-,29-24-,34-32-,36-33-. The lowest BCUT2D eigenvalue weighted by molar-refractivity contribution is -0.301. The molecule has 12 nitrogen and oxygen atoms in total. The topological polar surface area (TPSA) is 175 Å². The molecule has 0 amide bonds. The maximum Gasteiger partial charge on any atom is 0.335 e. The van der Waals surface area contributed by atoms with Crippen LogP contribution in [0.2, 0.25) is 0 Å². The first-order valence-corrected chi connectivity index (χ1v) is 27.9. The maximum atomic E-state index is 13.0. The smallest absolute Gasteiger partial charge is 0.335 e. The van der Waals surface area contributed by atoms with Gasteiger partial charge in [-0.05, 0) is 103 Å². The van der Waals surface area contributed by atoms with Crippen LogP contribution in [0.4, 0.5) is 0 Å². The van der Waals surface area contributed by atoms with E-state index in [-0.39, 0.29) is 25.9 Å². The van der Waals surface area contributed by atoms with E-state index < -0.39 is 67.3 Å². The molecule has 0 bridgehead atoms. The molecule has 0 spiro atoms. The fraction of sp³-hybridized carbons (Fsp3) is 0.639. The molecular weight excluding hydrogens is 925 g/mol. The van der Waals surface area contributed by atoms with Crippen LogP contribution in [-0.4, -0.2) is 89.2 Å². The molecule has 3 N–H and O–H groups in total. The minimum atomic E-state index is -1.92. The number of allylic oxidation sites excluding steroid dienone is 18. The van der Waals surface area contributed by atoms with Gasteiger partial charge in [-0.1, -0.05) is 188 Å². The van der Waals surface area contributed by atoms with E-state index in [1.165, 1.54) is 32.1 Å². The van der Waals surface area contributed by atoms with Gasteiger partial charge in [-0.25, -0.2) is 4.79 Å². The summed E-state index contributed by atoms with van der Waals surface area (Å²) in [6.45, 7) is 5.66. The van der Waals surface area contributed by atoms with Crippen LogP contribution in [0.3, 0.4) is 0 Å². The molecular formula is C61H96O12. The van der Waals surface area contributed by atoms with Crippen molar-refractivity contribution < 1.29 is 58.2 Å². The number of carboxylic acid groups (broad SMARTS) is 1. The Bertz CT molecular complexity index is 1690. The predicted molar refractivity (Wildman–Crippen MR) is 294 cm³/mol. The zero-order chi connectivity index (χ0) is 53.3. The first kappa shape index (κ1) is 66.4. The first-order valence-electron chi connectivity index (χ1n) is 27.9. The zero-order valence-electron chi connectivity index (χ0n) is 45.1. The number of aliphatic carboxylic acids is 1. The summed E-state index contributed by atoms with van der Waals surface area (Å²) < 4.78 is 28.2. The van der Waals surface area contributed by atoms with E-state index >= 15 is 0 Å². The summed E-state index contributed by atoms with van der Waals surface area (Å²) in [6, 6.07) is 0. The summed E-state index contributed by atoms with van der Waals surface area (Å²) in [5.41, 5.74) is 0. The molecule has 1 saturated heterocycles. The highest BCUT2D eigenvalue weighted by atomic mass is 16.7. The number of unbranched alkanes of at least 4 members (excludes halogenated alkanes) is 13. The van der Waals surface area contributed by atoms with Gasteiger partial charge in [0.05, 0.1) is 6.61 Å². The molecule has 12 heteroatoms. The third kappa shape index (κ3) is 38.6. The average Bonchev–Trinajstić information content (AvgIpc) is 3.37. The van der Waals surface area contributed by atoms with Crippen LogP contribution >= 0.6 is 0 Å². The highest BCUT2D eigenvalue weighted by molar-refractivity contribution is 5.74. The second-order valence-corrected chi connectivity index (χ2v) is 18.5. The molecule has 0 aliphatic carbocycles. The van der Waals surface area contributed by atoms with Gasteiger partial charge in [-0.3, -0.25) is 14.4 Å². The highest BCUT2D eigenvalue weighted by Gasteiger charge is 2.50. The Morgan fingerprint density at radius 2 is 0.863 bits per heavy atom. The largest absolute Gasteiger partial charge is 0.479 e. The SMILES string of the molecule is CC/C=C\C/C=C\C/C=C\C/C=C\C/C=C\CCCCCC(=O)OC1C(OCC(COC(=O)CCCC/C=C\C/C=C\C/C=C\C/C=C\CC)OC(=O)CCCCCCCCCCC)OC(C(=O)O)C(O)C1O. The Labute approximate surface area is 440 Å². The molecule has 6 atom stereocenters. The molecule has 0 aromatic heterocycles. The van der Waals surface area contributed by atoms with Gasteiger partial charge in [0, 0.05) is 19.3 Å². The van der Waals surface area contributed by atoms with Gasteiger partial charge in [-0.2, -0.15) is 0 Å². The fourth-order valence-corrected chi connectivity index (χ4v) is 7.62. The molecule has 1 rings (SSSR count). The van der Waals surface area contributed by atoms with E-state index in [4.69, 9.17) is 23.7 Å². The Hall–Kier alpha value is -4.62. The van der Waals surface area contributed by atoms with Crippen molar-refractivity contribution in [3.05, 3.63) is 109 Å². The predicted octanol–water partition coefficient (Wildman–Crippen LogP) is 13.9. The summed E-state index contributed by atoms with van der Waals surface area (Å²) in [5, 5.41) is 31.4. The molecule has 0 aromatic rings. The monoisotopic (exact) mass is 1020 g/mol. The van der Waals surface area contributed by atoms with Gasteiger partial charge in [0.15, 0.2) is 24.6 Å². The molecule has 0 aromatic carbocycles. The van der Waals surface area contributed by atoms with E-state index in [2.05, 4.69) is 130 Å². The molecule has 1 heterocycles. The molecule has 1 fully saturated rings. The molecule has 1 aliphatic rings. The van der Waals surface area contributed by atoms with Crippen LogP contribution < -0.4 is 0 Å². The van der Waals surface area contributed by atoms with Crippen molar-refractivity contribution in [1.29, 1.82) is 0 Å². The summed E-state index contributed by atoms with van der Waals surface area (Å²) in [7, 11) is 0. The van der Waals surface area contributed by atoms with E-state index in [1.807, 2.05) is 0 Å². The second-order valence-electron chi connectivity index (χ2n) is 18.5. The van der Waals surface area contributed by atoms with Crippen LogP contribution in [0.1, 0.15) is 201 Å². The molecule has 0 radical (unpaired) electrons. The minimum absolute atomic E-state index is 0.0125. The van der Waals surface area contributed by atoms with E-state index in [1.54, 1.807) is 0 Å². The summed E-state index contributed by atoms with van der Waals surface area (Å²) in [4.78, 5) is 50.9. The average molecular weight is 1020 g/mol. The lowest BCUT2D eigenvalue weighted by Crippen LogP contribution is -2.61. The van der Waals surface area contributed by atoms with Gasteiger partial charge in [-0.15, -0.1) is 0 Å². The lowest BCUT2D eigenvalue weighted by Gasteiger charge is -2.40. The Balaban J connectivity index is 2.72. The molecule has 0 saturated carbocycles. The van der Waals surface area contributed by atoms with Crippen molar-refractivity contribution in [2.45, 2.75) is 237 Å². The van der Waals surface area contributed by atoms with E-state index in [0.29, 0.717) is 19.3 Å². The van der Waals surface area contributed by atoms with Gasteiger partial charge >= 0.3 is 23.9 Å². The van der Waals surface area contributed by atoms with Crippen molar-refractivity contribution in [3.63, 3.8) is 0 Å². The van der Waals surface area contributed by atoms with Crippen molar-refractivity contribution >= 4 is 23.9 Å². The first-order chi connectivity index (χ1) is 35.6. The number of ether oxygens (including phenoxy) is 5. The Morgan fingerprint density at radius 1 is 0.466 bits per heavy atom. The number of hydrogen-bond donors (Lipinski definition) is 3. The minimum Gasteiger partial charge on any atom is -0.479 e. The number of aliphatic hydroxyl groups excluding tert-OH is 2. The third-order valence-electron chi connectivity index (χ3n) is 11.8. The fourth-order valence-electron chi connectivity index (χ4n) is 7.62. The van der Waals surface area contributed by atoms with E-state index in [9.17, 15) is 34.5 Å². The second kappa shape index (κ2) is 48.3. The van der Waals surface area contributed by atoms with Crippen LogP contribution in [0.15, 0.2) is 109 Å². The Kier molecular flexibility index (Phi) is 44.0. The number of carbonyl (C=O) groups is 4. The van der Waals surface area contributed by atoms with Gasteiger partial charge in [0.1, 0.15) is 18.8 Å². The van der Waals surface area contributed by atoms with Crippen molar-refractivity contribution in [2.24, 2.45) is 0 Å². The number of carboxylic acids is 1. The van der Waals surface area contributed by atoms with Gasteiger partial charge < -0.3 is 39.0 Å². The molecule has 1 aliphatic heterocycles. The van der Waals surface area contributed by atoms with Crippen LogP contribution in [0, 0.1) is 0 Å². The van der Waals surface area contributed by atoms with Crippen molar-refractivity contribution in [2.75, 3.05) is 13.2 Å². The molecule has 6 unspecified atom stereocenters. The molecule has 412 valence electrons. The number of aliphatic hydroxyl groups is 2. The number of hydrogen-bond acceptors (Lipinski definition) is 11. The summed E-state index contributed by atoms with van der Waals surface area (Å²) >= 11 is 0. The van der Waals surface area contributed by atoms with Gasteiger partial charge in [0.2, 0.25) is 0 Å². The number of carbonyl (C=O) groups excluding carboxylic acids is 3. The summed E-state index contributed by atoms with van der Waals surface area (Å²) in [5.74, 6) is -3.24. The highest BCUT2D eigenvalue weighted by Crippen LogP contribution is 2.26. The summed E-state index contributed by atoms with van der Waals surface area (Å²) in [6.07, 6.45) is 52.2. The Morgan fingerprint density at radius 3 is 1.34 bits per heavy atom. The third-order valence-corrected chi connectivity index (χ3v) is 11.8. The zero-order valence-corrected chi connectivity index (χ0v) is 45.1.